The van der Waals surface area contributed by atoms with E-state index in [9.17, 15) is 13.6 Å². The Hall–Kier alpha value is -2.23. The second-order valence-electron chi connectivity index (χ2n) is 4.21. The lowest BCUT2D eigenvalue weighted by Crippen LogP contribution is -2.01. The average Bonchev–Trinajstić information content (AvgIpc) is 2.37. The summed E-state index contributed by atoms with van der Waals surface area (Å²) in [5, 5.41) is 0. The Kier molecular flexibility index (Phi) is 3.90. The molecule has 0 radical (unpaired) electrons. The molecule has 0 atom stereocenters. The molecule has 0 unspecified atom stereocenters. The first-order valence-corrected chi connectivity index (χ1v) is 5.72. The van der Waals surface area contributed by atoms with E-state index in [4.69, 9.17) is 4.74 Å². The van der Waals surface area contributed by atoms with Crippen molar-refractivity contribution in [3.63, 3.8) is 0 Å². The van der Waals surface area contributed by atoms with E-state index in [0.29, 0.717) is 6.29 Å². The molecule has 4 heteroatoms. The number of aldehydes is 1. The number of hydrogen-bond acceptors (Lipinski definition) is 2. The number of halogens is 2. The molecule has 0 spiro atoms. The van der Waals surface area contributed by atoms with Crippen LogP contribution < -0.4 is 4.74 Å². The Morgan fingerprint density at radius 3 is 2.42 bits per heavy atom. The minimum atomic E-state index is -0.880. The van der Waals surface area contributed by atoms with Crippen molar-refractivity contribution in [1.82, 2.24) is 0 Å². The predicted molar refractivity (Wildman–Crippen MR) is 67.3 cm³/mol. The van der Waals surface area contributed by atoms with Gasteiger partial charge in [0, 0.05) is 5.56 Å². The van der Waals surface area contributed by atoms with E-state index in [-0.39, 0.29) is 12.2 Å². The first kappa shape index (κ1) is 13.2. The van der Waals surface area contributed by atoms with Crippen LogP contribution in [0.1, 0.15) is 21.5 Å². The van der Waals surface area contributed by atoms with Crippen LogP contribution in [-0.2, 0) is 6.61 Å². The highest BCUT2D eigenvalue weighted by Gasteiger charge is 2.12. The van der Waals surface area contributed by atoms with Gasteiger partial charge >= 0.3 is 0 Å². The van der Waals surface area contributed by atoms with Gasteiger partial charge in [0.05, 0.1) is 0 Å². The van der Waals surface area contributed by atoms with Crippen LogP contribution in [-0.4, -0.2) is 6.29 Å². The highest BCUT2D eigenvalue weighted by atomic mass is 19.1. The van der Waals surface area contributed by atoms with Gasteiger partial charge in [-0.25, -0.2) is 8.78 Å². The van der Waals surface area contributed by atoms with Crippen LogP contribution in [0.3, 0.4) is 0 Å². The number of rotatable bonds is 4. The summed E-state index contributed by atoms with van der Waals surface area (Å²) in [4.78, 5) is 10.5. The summed E-state index contributed by atoms with van der Waals surface area (Å²) in [5.41, 5.74) is 1.80. The fraction of sp³-hybridized carbons (Fsp3) is 0.133. The van der Waals surface area contributed by atoms with Crippen molar-refractivity contribution in [2.45, 2.75) is 13.5 Å². The van der Waals surface area contributed by atoms with E-state index in [2.05, 4.69) is 0 Å². The zero-order valence-electron chi connectivity index (χ0n) is 10.3. The molecule has 0 fully saturated rings. The molecule has 0 amide bonds. The summed E-state index contributed by atoms with van der Waals surface area (Å²) in [6, 6.07) is 9.33. The van der Waals surface area contributed by atoms with E-state index < -0.39 is 17.4 Å². The van der Waals surface area contributed by atoms with Crippen LogP contribution >= 0.6 is 0 Å². The van der Waals surface area contributed by atoms with Gasteiger partial charge in [0.1, 0.15) is 12.9 Å². The van der Waals surface area contributed by atoms with Gasteiger partial charge in [-0.05, 0) is 24.6 Å². The normalized spacial score (nSPS) is 10.3. The highest BCUT2D eigenvalue weighted by molar-refractivity contribution is 5.75. The van der Waals surface area contributed by atoms with Gasteiger partial charge in [0.25, 0.3) is 0 Å². The van der Waals surface area contributed by atoms with Gasteiger partial charge in [-0.2, -0.15) is 0 Å². The molecule has 0 aromatic heterocycles. The molecule has 0 aliphatic heterocycles. The van der Waals surface area contributed by atoms with E-state index >= 15 is 0 Å². The summed E-state index contributed by atoms with van der Waals surface area (Å²) in [5.74, 6) is -2.23. The number of ether oxygens (including phenoxy) is 1. The molecule has 0 saturated heterocycles. The molecule has 2 rings (SSSR count). The molecule has 0 heterocycles. The molecule has 2 aromatic carbocycles. The molecule has 0 saturated carbocycles. The summed E-state index contributed by atoms with van der Waals surface area (Å²) in [6.07, 6.45) is 0.385. The SMILES string of the molecule is Cc1cccc(COc2c(F)cc(C=O)cc2F)c1. The van der Waals surface area contributed by atoms with Crippen molar-refractivity contribution in [3.8, 4) is 5.75 Å². The zero-order chi connectivity index (χ0) is 13.8. The average molecular weight is 262 g/mol. The maximum Gasteiger partial charge on any atom is 0.191 e. The predicted octanol–water partition coefficient (Wildman–Crippen LogP) is 3.66. The van der Waals surface area contributed by atoms with Crippen LogP contribution in [0.5, 0.6) is 5.75 Å². The minimum Gasteiger partial charge on any atom is -0.483 e. The molecule has 0 aliphatic carbocycles. The fourth-order valence-electron chi connectivity index (χ4n) is 1.74. The van der Waals surface area contributed by atoms with Gasteiger partial charge in [0.2, 0.25) is 0 Å². The molecule has 0 bridgehead atoms. The number of aryl methyl sites for hydroxylation is 1. The second kappa shape index (κ2) is 5.61. The number of carbonyl (C=O) groups excluding carboxylic acids is 1. The smallest absolute Gasteiger partial charge is 0.191 e. The Labute approximate surface area is 109 Å². The van der Waals surface area contributed by atoms with Crippen molar-refractivity contribution in [2.24, 2.45) is 0 Å². The van der Waals surface area contributed by atoms with Crippen molar-refractivity contribution in [1.29, 1.82) is 0 Å². The standard InChI is InChI=1S/C15H12F2O2/c1-10-3-2-4-11(5-10)9-19-15-13(16)6-12(8-18)7-14(15)17/h2-8H,9H2,1H3. The van der Waals surface area contributed by atoms with Gasteiger partial charge in [0.15, 0.2) is 17.4 Å². The highest BCUT2D eigenvalue weighted by Crippen LogP contribution is 2.23. The monoisotopic (exact) mass is 262 g/mol. The Bertz CT molecular complexity index is 586. The van der Waals surface area contributed by atoms with Crippen molar-refractivity contribution in [3.05, 3.63) is 64.7 Å². The Balaban J connectivity index is 2.18. The quantitative estimate of drug-likeness (QED) is 0.786. The largest absolute Gasteiger partial charge is 0.483 e. The summed E-state index contributed by atoms with van der Waals surface area (Å²) in [7, 11) is 0. The van der Waals surface area contributed by atoms with Gasteiger partial charge in [-0.1, -0.05) is 29.8 Å². The van der Waals surface area contributed by atoms with Gasteiger partial charge in [-0.15, -0.1) is 0 Å². The maximum atomic E-state index is 13.6. The van der Waals surface area contributed by atoms with Crippen molar-refractivity contribution < 1.29 is 18.3 Å². The maximum absolute atomic E-state index is 13.6. The van der Waals surface area contributed by atoms with Crippen LogP contribution in [0.2, 0.25) is 0 Å². The van der Waals surface area contributed by atoms with Crippen LogP contribution in [0.15, 0.2) is 36.4 Å². The Morgan fingerprint density at radius 1 is 1.16 bits per heavy atom. The number of hydrogen-bond donors (Lipinski definition) is 0. The fourth-order valence-corrected chi connectivity index (χ4v) is 1.74. The molecule has 2 nitrogen and oxygen atoms in total. The summed E-state index contributed by atoms with van der Waals surface area (Å²) < 4.78 is 32.3. The van der Waals surface area contributed by atoms with Crippen LogP contribution in [0.4, 0.5) is 8.78 Å². The number of carbonyl (C=O) groups is 1. The summed E-state index contributed by atoms with van der Waals surface area (Å²) in [6.45, 7) is 1.99. The minimum absolute atomic E-state index is 0.0575. The molecular weight excluding hydrogens is 250 g/mol. The van der Waals surface area contributed by atoms with Gasteiger partial charge in [-0.3, -0.25) is 4.79 Å². The lowest BCUT2D eigenvalue weighted by atomic mass is 10.1. The molecule has 0 aliphatic rings. The molecule has 98 valence electrons. The summed E-state index contributed by atoms with van der Waals surface area (Å²) >= 11 is 0. The van der Waals surface area contributed by atoms with Crippen LogP contribution in [0.25, 0.3) is 0 Å². The third kappa shape index (κ3) is 3.16. The third-order valence-electron chi connectivity index (χ3n) is 2.62. The van der Waals surface area contributed by atoms with E-state index in [0.717, 1.165) is 23.3 Å². The van der Waals surface area contributed by atoms with Crippen molar-refractivity contribution in [2.75, 3.05) is 0 Å². The van der Waals surface area contributed by atoms with E-state index in [1.165, 1.54) is 0 Å². The first-order chi connectivity index (χ1) is 9.10. The molecule has 2 aromatic rings. The molecular formula is C15H12F2O2. The third-order valence-corrected chi connectivity index (χ3v) is 2.62. The second-order valence-corrected chi connectivity index (χ2v) is 4.21. The van der Waals surface area contributed by atoms with E-state index in [1.807, 2.05) is 31.2 Å². The van der Waals surface area contributed by atoms with Gasteiger partial charge < -0.3 is 4.74 Å². The Morgan fingerprint density at radius 2 is 1.84 bits per heavy atom. The first-order valence-electron chi connectivity index (χ1n) is 5.72. The van der Waals surface area contributed by atoms with E-state index in [1.54, 1.807) is 0 Å². The van der Waals surface area contributed by atoms with Crippen LogP contribution in [0, 0.1) is 18.6 Å². The lowest BCUT2D eigenvalue weighted by molar-refractivity contribution is 0.112. The lowest BCUT2D eigenvalue weighted by Gasteiger charge is -2.09. The molecule has 0 N–H and O–H groups in total. The number of benzene rings is 2. The zero-order valence-corrected chi connectivity index (χ0v) is 10.3. The van der Waals surface area contributed by atoms with Crippen molar-refractivity contribution >= 4 is 6.29 Å². The molecule has 19 heavy (non-hydrogen) atoms. The topological polar surface area (TPSA) is 26.3 Å².